The lowest BCUT2D eigenvalue weighted by Gasteiger charge is -2.50. The molecule has 2 saturated carbocycles. The van der Waals surface area contributed by atoms with Crippen LogP contribution in [0.5, 0.6) is 0 Å². The van der Waals surface area contributed by atoms with Gasteiger partial charge in [0.05, 0.1) is 18.1 Å². The number of Topliss-reactive ketones (excluding diaryl/α,β-unsaturated/α-hetero) is 3. The van der Waals surface area contributed by atoms with Crippen LogP contribution in [0.1, 0.15) is 101 Å². The number of amides is 1. The van der Waals surface area contributed by atoms with Crippen LogP contribution in [0.3, 0.4) is 0 Å². The van der Waals surface area contributed by atoms with E-state index in [0.29, 0.717) is 32.1 Å². The van der Waals surface area contributed by atoms with E-state index < -0.39 is 58.3 Å². The molecule has 1 unspecified atom stereocenters. The molecule has 0 bridgehead atoms. The van der Waals surface area contributed by atoms with Gasteiger partial charge in [-0.2, -0.15) is 0 Å². The summed E-state index contributed by atoms with van der Waals surface area (Å²) in [5.74, 6) is -2.88. The summed E-state index contributed by atoms with van der Waals surface area (Å²) in [6.07, 6.45) is 11.7. The number of rotatable bonds is 16. The maximum Gasteiger partial charge on any atom is 0.240 e. The zero-order valence-electron chi connectivity index (χ0n) is 29.4. The van der Waals surface area contributed by atoms with Crippen molar-refractivity contribution >= 4 is 29.5 Å². The van der Waals surface area contributed by atoms with Crippen molar-refractivity contribution < 1.29 is 24.0 Å². The molecule has 9 heteroatoms. The summed E-state index contributed by atoms with van der Waals surface area (Å²) in [5, 5.41) is 0. The molecule has 1 saturated heterocycles. The Labute approximate surface area is 297 Å². The van der Waals surface area contributed by atoms with Gasteiger partial charge in [0, 0.05) is 13.0 Å². The molecular formula is C41H55N4O5. The van der Waals surface area contributed by atoms with Gasteiger partial charge < -0.3 is 22.1 Å². The van der Waals surface area contributed by atoms with Crippen LogP contribution in [-0.2, 0) is 36.8 Å². The summed E-state index contributed by atoms with van der Waals surface area (Å²) in [4.78, 5) is 74.2. The van der Waals surface area contributed by atoms with Gasteiger partial charge in [0.2, 0.25) is 12.2 Å². The molecule has 2 aliphatic carbocycles. The van der Waals surface area contributed by atoms with Crippen LogP contribution in [-0.4, -0.2) is 64.7 Å². The molecule has 9 nitrogen and oxygen atoms in total. The van der Waals surface area contributed by atoms with E-state index in [1.54, 1.807) is 0 Å². The predicted octanol–water partition coefficient (Wildman–Crippen LogP) is 4.56. The van der Waals surface area contributed by atoms with Crippen molar-refractivity contribution in [3.63, 3.8) is 0 Å². The number of aryl methyl sites for hydroxylation is 1. The normalized spacial score (nSPS) is 22.5. The zero-order valence-corrected chi connectivity index (χ0v) is 29.4. The van der Waals surface area contributed by atoms with Gasteiger partial charge >= 0.3 is 0 Å². The predicted molar refractivity (Wildman–Crippen MR) is 193 cm³/mol. The quantitative estimate of drug-likeness (QED) is 0.217. The molecule has 1 amide bonds. The average Bonchev–Trinajstić information content (AvgIpc) is 3.65. The molecule has 50 heavy (non-hydrogen) atoms. The van der Waals surface area contributed by atoms with Crippen molar-refractivity contribution in [3.8, 4) is 0 Å². The van der Waals surface area contributed by atoms with Gasteiger partial charge in [-0.05, 0) is 67.9 Å². The monoisotopic (exact) mass is 683 g/mol. The number of nitrogens with zero attached hydrogens (tertiary/aromatic N) is 1. The molecule has 1 heterocycles. The lowest BCUT2D eigenvalue weighted by atomic mass is 9.51. The van der Waals surface area contributed by atoms with Gasteiger partial charge in [0.1, 0.15) is 11.2 Å². The molecule has 2 aromatic carbocycles. The molecule has 6 N–H and O–H groups in total. The fraction of sp³-hybridized carbons (Fsp3) is 0.585. The van der Waals surface area contributed by atoms with Gasteiger partial charge in [0.25, 0.3) is 0 Å². The average molecular weight is 684 g/mol. The number of carbonyl (C=O) groups excluding carboxylic acids is 5. The third-order valence-corrected chi connectivity index (χ3v) is 11.8. The van der Waals surface area contributed by atoms with E-state index in [9.17, 15) is 14.4 Å². The first-order valence-electron chi connectivity index (χ1n) is 18.8. The van der Waals surface area contributed by atoms with Crippen LogP contribution in [0.25, 0.3) is 0 Å². The Morgan fingerprint density at radius 2 is 1.34 bits per heavy atom. The van der Waals surface area contributed by atoms with Gasteiger partial charge in [-0.25, -0.2) is 0 Å². The molecule has 0 spiro atoms. The smallest absolute Gasteiger partial charge is 0.240 e. The van der Waals surface area contributed by atoms with Crippen molar-refractivity contribution in [1.82, 2.24) is 4.90 Å². The maximum atomic E-state index is 15.5. The second-order valence-corrected chi connectivity index (χ2v) is 15.0. The second-order valence-electron chi connectivity index (χ2n) is 15.0. The molecule has 2 aromatic rings. The third kappa shape index (κ3) is 7.85. The number of hydrogen-bond donors (Lipinski definition) is 3. The Hall–Kier alpha value is -3.53. The van der Waals surface area contributed by atoms with Crippen molar-refractivity contribution in [2.24, 2.45) is 34.5 Å². The zero-order chi connectivity index (χ0) is 35.7. The van der Waals surface area contributed by atoms with E-state index in [1.807, 2.05) is 66.9 Å². The highest BCUT2D eigenvalue weighted by Crippen LogP contribution is 2.50. The Morgan fingerprint density at radius 3 is 1.94 bits per heavy atom. The van der Waals surface area contributed by atoms with Gasteiger partial charge in [-0.15, -0.1) is 0 Å². The molecule has 3 aliphatic rings. The van der Waals surface area contributed by atoms with E-state index in [4.69, 9.17) is 17.2 Å². The van der Waals surface area contributed by atoms with Crippen molar-refractivity contribution in [1.29, 1.82) is 0 Å². The van der Waals surface area contributed by atoms with Crippen LogP contribution in [0.2, 0.25) is 0 Å². The van der Waals surface area contributed by atoms with E-state index in [0.717, 1.165) is 62.5 Å². The van der Waals surface area contributed by atoms with Crippen molar-refractivity contribution in [2.75, 3.05) is 6.54 Å². The number of nitrogens with two attached hydrogens (primary N) is 3. The maximum absolute atomic E-state index is 15.5. The highest BCUT2D eigenvalue weighted by Gasteiger charge is 2.68. The summed E-state index contributed by atoms with van der Waals surface area (Å²) >= 11 is 0. The lowest BCUT2D eigenvalue weighted by Crippen LogP contribution is -2.75. The lowest BCUT2D eigenvalue weighted by molar-refractivity contribution is -0.159. The topological polar surface area (TPSA) is 167 Å². The summed E-state index contributed by atoms with van der Waals surface area (Å²) in [6, 6.07) is 15.7. The van der Waals surface area contributed by atoms with E-state index in [-0.39, 0.29) is 31.7 Å². The first kappa shape index (κ1) is 37.7. The molecule has 5 atom stereocenters. The van der Waals surface area contributed by atoms with Gasteiger partial charge in [-0.1, -0.05) is 112 Å². The number of ketones is 3. The number of carbonyl (C=O) groups is 4. The Kier molecular flexibility index (Phi) is 12.9. The van der Waals surface area contributed by atoms with E-state index >= 15 is 9.59 Å². The van der Waals surface area contributed by atoms with E-state index in [1.165, 1.54) is 4.90 Å². The molecule has 1 aliphatic heterocycles. The standard InChI is InChI=1S/C41H55N4O5/c42-33(26-30-16-7-2-8-17-30)37(48)40(44,28-46)41(32-20-11-4-12-21-32,36(47)24-23-29-14-5-1-6-15-29)38(49)35-22-13-25-45(35)39(50)34(43)27-31-18-9-3-10-19-31/h1,3,5-6,9-10,14-15,18-19,30,32-35H,2,4,7-8,11-13,16-17,20-27,42-44H2/t33-,34+,35+,40+,41?/m1/s1. The minimum atomic E-state index is -2.61. The number of benzene rings is 2. The summed E-state index contributed by atoms with van der Waals surface area (Å²) in [7, 11) is 0. The first-order chi connectivity index (χ1) is 24.1. The fourth-order valence-corrected chi connectivity index (χ4v) is 9.18. The van der Waals surface area contributed by atoms with Crippen LogP contribution < -0.4 is 17.2 Å². The molecular weight excluding hydrogens is 628 g/mol. The molecule has 1 radical (unpaired) electrons. The van der Waals surface area contributed by atoms with Crippen molar-refractivity contribution in [3.05, 3.63) is 71.8 Å². The van der Waals surface area contributed by atoms with Crippen LogP contribution >= 0.6 is 0 Å². The Balaban J connectivity index is 1.56. The molecule has 5 rings (SSSR count). The second kappa shape index (κ2) is 17.1. The molecule has 269 valence electrons. The number of likely N-dealkylation sites (tertiary alicyclic amines) is 1. The largest absolute Gasteiger partial charge is 0.331 e. The van der Waals surface area contributed by atoms with E-state index in [2.05, 4.69) is 0 Å². The fourth-order valence-electron chi connectivity index (χ4n) is 9.18. The van der Waals surface area contributed by atoms with Crippen LogP contribution in [0.4, 0.5) is 0 Å². The van der Waals surface area contributed by atoms with Gasteiger partial charge in [-0.3, -0.25) is 24.0 Å². The molecule has 0 aromatic heterocycles. The van der Waals surface area contributed by atoms with Crippen molar-refractivity contribution in [2.45, 2.75) is 126 Å². The first-order valence-corrected chi connectivity index (χ1v) is 18.8. The Morgan fingerprint density at radius 1 is 0.760 bits per heavy atom. The SMILES string of the molecule is N[C@H](CC1CCCCC1)C(=O)[C@@](N)([C]=O)C(C(=O)CCc1ccccc1)(C(=O)[C@@H]1CCCN1C(=O)[C@@H](N)Cc1ccccc1)C1CCCCC1. The highest BCUT2D eigenvalue weighted by molar-refractivity contribution is 6.22. The third-order valence-electron chi connectivity index (χ3n) is 11.8. The van der Waals surface area contributed by atoms with Gasteiger partial charge in [0.15, 0.2) is 17.1 Å². The highest BCUT2D eigenvalue weighted by atomic mass is 16.2. The van der Waals surface area contributed by atoms with Crippen LogP contribution in [0.15, 0.2) is 60.7 Å². The van der Waals surface area contributed by atoms with Crippen LogP contribution in [0, 0.1) is 17.3 Å². The minimum Gasteiger partial charge on any atom is -0.331 e. The Bertz CT molecular complexity index is 1470. The number of hydrogen-bond acceptors (Lipinski definition) is 8. The summed E-state index contributed by atoms with van der Waals surface area (Å²) in [5.41, 5.74) is 17.1. The summed E-state index contributed by atoms with van der Waals surface area (Å²) < 4.78 is 0. The summed E-state index contributed by atoms with van der Waals surface area (Å²) in [6.45, 7) is 0.272. The minimum absolute atomic E-state index is 0.105. The molecule has 3 fully saturated rings.